The van der Waals surface area contributed by atoms with Crippen molar-refractivity contribution in [2.45, 2.75) is 18.9 Å². The summed E-state index contributed by atoms with van der Waals surface area (Å²) < 4.78 is 0. The van der Waals surface area contributed by atoms with Crippen molar-refractivity contribution in [3.05, 3.63) is 34.9 Å². The van der Waals surface area contributed by atoms with Crippen molar-refractivity contribution in [1.29, 1.82) is 0 Å². The zero-order valence-electron chi connectivity index (χ0n) is 19.9. The monoisotopic (exact) mass is 789 g/mol. The smallest absolute Gasteiger partial charge is 0.870 e. The first-order chi connectivity index (χ1) is 6.93. The quantitative estimate of drug-likeness (QED) is 0.165. The average molecular weight is 796 g/mol. The second kappa shape index (κ2) is 71.7. The second-order valence-electron chi connectivity index (χ2n) is 2.97. The second-order valence-corrected chi connectivity index (χ2v) is 2.97. The van der Waals surface area contributed by atoms with Gasteiger partial charge in [-0.15, -0.1) is 0 Å². The van der Waals surface area contributed by atoms with E-state index in [0.717, 1.165) is 18.2 Å². The molecule has 0 aliphatic carbocycles. The van der Waals surface area contributed by atoms with Crippen LogP contribution in [0.2, 0.25) is 0 Å². The predicted molar refractivity (Wildman–Crippen MR) is 77.2 cm³/mol. The predicted octanol–water partition coefficient (Wildman–Crippen LogP) is -16.4. The van der Waals surface area contributed by atoms with Gasteiger partial charge < -0.3 is 74.4 Å². The van der Waals surface area contributed by atoms with E-state index in [0.29, 0.717) is 0 Å². The van der Waals surface area contributed by atoms with Crippen molar-refractivity contribution in [3.63, 3.8) is 0 Å². The maximum atomic E-state index is 10.8. The average Bonchev–Trinajstić information content (AvgIpc) is 2.16. The van der Waals surface area contributed by atoms with Crippen LogP contribution in [0.4, 0.5) is 0 Å². The van der Waals surface area contributed by atoms with Crippen LogP contribution in [-0.2, 0) is 97.4 Å². The van der Waals surface area contributed by atoms with Crippen LogP contribution >= 0.6 is 0 Å². The van der Waals surface area contributed by atoms with E-state index < -0.39 is 18.9 Å². The summed E-state index contributed by atoms with van der Waals surface area (Å²) in [4.78, 5) is 0. The maximum absolute atomic E-state index is 10.8. The zero-order chi connectivity index (χ0) is 11.6. The number of aliphatic hydroxyl groups is 4. The van der Waals surface area contributed by atoms with Crippen LogP contribution in [0.15, 0.2) is 18.2 Å². The Morgan fingerprint density at radius 1 is 0.545 bits per heavy atom. The minimum absolute atomic E-state index is 0. The van der Waals surface area contributed by atoms with E-state index in [1.165, 1.54) is 0 Å². The Morgan fingerprint density at radius 2 is 0.818 bits per heavy atom. The third-order valence-electron chi connectivity index (χ3n) is 1.94. The molecule has 1 aromatic rings. The molecule has 2 atom stereocenters. The molecule has 14 nitrogen and oxygen atoms in total. The molecule has 0 aliphatic rings. The normalized spacial score (nSPS) is 7.00. The standard InChI is InChI=1S/C9H10O6.5Na.8H2O.5Zn/c10-7(11)4-1-2-5(8(12)13)6(3-4)9(14)15;;;;;;;;;;;;;;;;;;/h1-3,7-10,12-14H;;;;;;8*1H2;;;;;/q-2;;;3*+1;;;;;;;;;;;;;/p-4. The van der Waals surface area contributed by atoms with Gasteiger partial charge in [-0.05, 0) is 11.1 Å². The number of hydrogen-bond acceptors (Lipinski definition) is 10. The molecule has 1 aromatic carbocycles. The molecule has 2 unspecified atom stereocenters. The van der Waals surface area contributed by atoms with Gasteiger partial charge in [0.2, 0.25) is 0 Å². The number of hydrogen-bond donors (Lipinski definition) is 4. The Hall–Kier alpha value is 6.78. The van der Waals surface area contributed by atoms with Crippen LogP contribution in [0.3, 0.4) is 0 Å². The van der Waals surface area contributed by atoms with Crippen molar-refractivity contribution in [2.75, 3.05) is 0 Å². The number of aliphatic hydroxyl groups excluding tert-OH is 3. The van der Waals surface area contributed by atoms with Gasteiger partial charge in [-0.1, -0.05) is 18.2 Å². The minimum atomic E-state index is -2.19. The van der Waals surface area contributed by atoms with Gasteiger partial charge in [0.15, 0.2) is 6.29 Å². The van der Waals surface area contributed by atoms with Crippen LogP contribution in [-0.4, -0.2) is 123 Å². The Kier molecular flexibility index (Phi) is 274. The third-order valence-corrected chi connectivity index (χ3v) is 1.94. The SMILES string of the molecule is O.O.O.O.[Na+].[Na+].[Na+].[Na].[Na].[O-]C(O)c1ccc(C(O)O)c(C([O-])O)c1.[OH-].[OH-].[OH-].[OH-].[Zn].[Zn].[Zn].[Zn].[Zn]. The summed E-state index contributed by atoms with van der Waals surface area (Å²) in [6.07, 6.45) is -6.14. The Morgan fingerprint density at radius 3 is 1.00 bits per heavy atom. The van der Waals surface area contributed by atoms with E-state index in [1.807, 2.05) is 0 Å². The molecule has 1 rings (SSSR count). The van der Waals surface area contributed by atoms with E-state index in [2.05, 4.69) is 0 Å². The molecule has 0 amide bonds. The summed E-state index contributed by atoms with van der Waals surface area (Å²) >= 11 is 0. The van der Waals surface area contributed by atoms with Crippen LogP contribution in [0.5, 0.6) is 0 Å². The molecule has 160 valence electrons. The van der Waals surface area contributed by atoms with Crippen molar-refractivity contribution < 1.29 is 261 Å². The molecule has 0 aliphatic heterocycles. The molecular weight excluding hydrogens is 774 g/mol. The summed E-state index contributed by atoms with van der Waals surface area (Å²) in [5.74, 6) is 0. The topological polar surface area (TPSA) is 373 Å². The zero-order valence-corrected chi connectivity index (χ0v) is 44.7. The molecule has 0 fully saturated rings. The molecule has 33 heavy (non-hydrogen) atoms. The molecule has 0 spiro atoms. The first-order valence-corrected chi connectivity index (χ1v) is 4.11. The van der Waals surface area contributed by atoms with Crippen LogP contribution in [0.25, 0.3) is 0 Å². The third kappa shape index (κ3) is 51.9. The number of rotatable bonds is 3. The van der Waals surface area contributed by atoms with Crippen LogP contribution < -0.4 is 98.9 Å². The molecule has 0 heterocycles. The summed E-state index contributed by atoms with van der Waals surface area (Å²) in [7, 11) is 0. The van der Waals surface area contributed by atoms with Crippen LogP contribution in [0, 0.1) is 0 Å². The van der Waals surface area contributed by atoms with Crippen LogP contribution in [0.1, 0.15) is 35.6 Å². The number of benzene rings is 1. The van der Waals surface area contributed by atoms with Crippen molar-refractivity contribution >= 4 is 59.1 Å². The largest absolute Gasteiger partial charge is 1.00 e. The molecule has 0 aromatic heterocycles. The first-order valence-electron chi connectivity index (χ1n) is 4.11. The Bertz CT molecular complexity index is 380. The van der Waals surface area contributed by atoms with E-state index in [-0.39, 0.29) is 306 Å². The van der Waals surface area contributed by atoms with Gasteiger partial charge in [-0.2, -0.15) is 0 Å². The molecular formula is C9H22Na5O14Zn5-3. The maximum Gasteiger partial charge on any atom is 1.00 e. The Labute approximate surface area is 366 Å². The molecule has 16 N–H and O–H groups in total. The fourth-order valence-corrected chi connectivity index (χ4v) is 1.20. The molecule has 0 saturated heterocycles. The van der Waals surface area contributed by atoms with Crippen molar-refractivity contribution in [1.82, 2.24) is 0 Å². The van der Waals surface area contributed by atoms with Crippen molar-refractivity contribution in [3.8, 4) is 0 Å². The summed E-state index contributed by atoms with van der Waals surface area (Å²) in [6, 6.07) is 3.19. The van der Waals surface area contributed by atoms with E-state index in [1.54, 1.807) is 0 Å². The van der Waals surface area contributed by atoms with E-state index in [9.17, 15) is 10.2 Å². The molecule has 2 radical (unpaired) electrons. The summed E-state index contributed by atoms with van der Waals surface area (Å²) in [5, 5.41) is 56.6. The van der Waals surface area contributed by atoms with Crippen molar-refractivity contribution in [2.24, 2.45) is 0 Å². The summed E-state index contributed by atoms with van der Waals surface area (Å²) in [5.41, 5.74) is -0.649. The Balaban J connectivity index is -0.00000000781. The fraction of sp³-hybridized carbons (Fsp3) is 0.333. The van der Waals surface area contributed by atoms with Gasteiger partial charge in [0.25, 0.3) is 0 Å². The minimum Gasteiger partial charge on any atom is -0.870 e. The fourth-order valence-electron chi connectivity index (χ4n) is 1.20. The summed E-state index contributed by atoms with van der Waals surface area (Å²) in [6.45, 7) is 0. The molecule has 0 bridgehead atoms. The van der Waals surface area contributed by atoms with Gasteiger partial charge >= 0.3 is 88.7 Å². The molecule has 0 saturated carbocycles. The van der Waals surface area contributed by atoms with Gasteiger partial charge in [0.05, 0.1) is 0 Å². The van der Waals surface area contributed by atoms with Gasteiger partial charge in [-0.25, -0.2) is 0 Å². The van der Waals surface area contributed by atoms with Gasteiger partial charge in [-0.3, -0.25) is 0 Å². The van der Waals surface area contributed by atoms with Gasteiger partial charge in [0.1, 0.15) is 0 Å². The van der Waals surface area contributed by atoms with Gasteiger partial charge in [0, 0.05) is 175 Å². The van der Waals surface area contributed by atoms with E-state index >= 15 is 0 Å². The van der Waals surface area contributed by atoms with E-state index in [4.69, 9.17) is 20.4 Å². The first kappa shape index (κ1) is 126. The molecule has 24 heteroatoms.